The van der Waals surface area contributed by atoms with Gasteiger partial charge >= 0.3 is 0 Å². The van der Waals surface area contributed by atoms with Crippen molar-refractivity contribution in [1.82, 2.24) is 4.98 Å². The smallest absolute Gasteiger partial charge is 0.146 e. The van der Waals surface area contributed by atoms with Gasteiger partial charge in [-0.15, -0.1) is 0 Å². The van der Waals surface area contributed by atoms with Crippen LogP contribution >= 0.6 is 11.8 Å². The van der Waals surface area contributed by atoms with Crippen molar-refractivity contribution in [1.29, 1.82) is 5.26 Å². The number of carbonyl (C=O) groups excluding carboxylic acids is 1. The zero-order chi connectivity index (χ0) is 21.9. The first kappa shape index (κ1) is 20.7. The molecule has 32 heavy (non-hydrogen) atoms. The van der Waals surface area contributed by atoms with Crippen LogP contribution in [0.5, 0.6) is 0 Å². The Morgan fingerprint density at radius 3 is 2.44 bits per heavy atom. The van der Waals surface area contributed by atoms with Crippen molar-refractivity contribution in [3.63, 3.8) is 0 Å². The first-order chi connectivity index (χ1) is 15.7. The molecule has 158 valence electrons. The molecule has 0 aliphatic heterocycles. The average molecular weight is 437 g/mol. The van der Waals surface area contributed by atoms with Crippen LogP contribution in [0, 0.1) is 11.3 Å². The minimum atomic E-state index is -0.104. The van der Waals surface area contributed by atoms with E-state index in [9.17, 15) is 10.1 Å². The standard InChI is InChI=1S/C28H24N2OS/c29-18-23-26(20-11-5-2-6-12-20)22-16-15-21(17-19-9-3-1-4-10-19)27(22)30-28(23)32-25-14-8-7-13-24(25)31/h1-6,9-12,17,25H,7-8,13-16H2. The van der Waals surface area contributed by atoms with Gasteiger partial charge in [-0.3, -0.25) is 4.79 Å². The van der Waals surface area contributed by atoms with E-state index in [1.165, 1.54) is 17.3 Å². The van der Waals surface area contributed by atoms with Gasteiger partial charge in [0.2, 0.25) is 0 Å². The number of benzene rings is 2. The predicted octanol–water partition coefficient (Wildman–Crippen LogP) is 6.71. The lowest BCUT2D eigenvalue weighted by atomic mass is 9.95. The van der Waals surface area contributed by atoms with E-state index in [1.807, 2.05) is 36.4 Å². The molecular weight excluding hydrogens is 412 g/mol. The maximum absolute atomic E-state index is 12.5. The van der Waals surface area contributed by atoms with Gasteiger partial charge in [-0.05, 0) is 54.0 Å². The number of thioether (sulfide) groups is 1. The highest BCUT2D eigenvalue weighted by Crippen LogP contribution is 2.44. The summed E-state index contributed by atoms with van der Waals surface area (Å²) in [6.45, 7) is 0. The van der Waals surface area contributed by atoms with E-state index in [4.69, 9.17) is 4.98 Å². The summed E-state index contributed by atoms with van der Waals surface area (Å²) in [6.07, 6.45) is 7.50. The van der Waals surface area contributed by atoms with Gasteiger partial charge in [0.05, 0.1) is 16.5 Å². The second-order valence-electron chi connectivity index (χ2n) is 8.37. The van der Waals surface area contributed by atoms with Crippen LogP contribution in [0.25, 0.3) is 22.8 Å². The Morgan fingerprint density at radius 1 is 0.969 bits per heavy atom. The summed E-state index contributed by atoms with van der Waals surface area (Å²) >= 11 is 1.50. The summed E-state index contributed by atoms with van der Waals surface area (Å²) in [4.78, 5) is 17.6. The molecular formula is C28H24N2OS. The Morgan fingerprint density at radius 2 is 1.72 bits per heavy atom. The van der Waals surface area contributed by atoms with Gasteiger partial charge in [-0.25, -0.2) is 4.98 Å². The number of Topliss-reactive ketones (excluding diaryl/α,β-unsaturated/α-hetero) is 1. The molecule has 3 aromatic rings. The zero-order valence-corrected chi connectivity index (χ0v) is 18.7. The Kier molecular flexibility index (Phi) is 5.92. The number of nitriles is 1. The Balaban J connectivity index is 1.67. The van der Waals surface area contributed by atoms with E-state index < -0.39 is 0 Å². The van der Waals surface area contributed by atoms with Gasteiger partial charge in [0.1, 0.15) is 16.9 Å². The van der Waals surface area contributed by atoms with E-state index in [0.29, 0.717) is 17.0 Å². The molecule has 3 nitrogen and oxygen atoms in total. The van der Waals surface area contributed by atoms with E-state index >= 15 is 0 Å². The first-order valence-corrected chi connectivity index (χ1v) is 12.1. The SMILES string of the molecule is N#Cc1c(SC2CCCCC2=O)nc2c(c1-c1ccccc1)CCC2=Cc1ccccc1. The minimum Gasteiger partial charge on any atom is -0.298 e. The number of ketones is 1. The molecule has 0 amide bonds. The van der Waals surface area contributed by atoms with Crippen molar-refractivity contribution in [3.05, 3.63) is 83.0 Å². The molecule has 2 aromatic carbocycles. The van der Waals surface area contributed by atoms with Gasteiger partial charge < -0.3 is 0 Å². The number of hydrogen-bond donors (Lipinski definition) is 0. The molecule has 0 N–H and O–H groups in total. The first-order valence-electron chi connectivity index (χ1n) is 11.2. The summed E-state index contributed by atoms with van der Waals surface area (Å²) in [5.74, 6) is 0.286. The highest BCUT2D eigenvalue weighted by atomic mass is 32.2. The average Bonchev–Trinajstić information content (AvgIpc) is 3.23. The lowest BCUT2D eigenvalue weighted by molar-refractivity contribution is -0.119. The predicted molar refractivity (Wildman–Crippen MR) is 130 cm³/mol. The number of allylic oxidation sites excluding steroid dienone is 1. The van der Waals surface area contributed by atoms with Crippen LogP contribution in [0.15, 0.2) is 65.7 Å². The molecule has 1 unspecified atom stereocenters. The maximum Gasteiger partial charge on any atom is 0.146 e. The van der Waals surface area contributed by atoms with E-state index in [-0.39, 0.29) is 11.0 Å². The quantitative estimate of drug-likeness (QED) is 0.456. The number of carbonyl (C=O) groups is 1. The van der Waals surface area contributed by atoms with Crippen LogP contribution in [0.2, 0.25) is 0 Å². The highest BCUT2D eigenvalue weighted by molar-refractivity contribution is 8.00. The van der Waals surface area contributed by atoms with Gasteiger partial charge in [0, 0.05) is 12.0 Å². The number of aromatic nitrogens is 1. The van der Waals surface area contributed by atoms with Gasteiger partial charge in [0.25, 0.3) is 0 Å². The fourth-order valence-electron chi connectivity index (χ4n) is 4.70. The summed E-state index contributed by atoms with van der Waals surface area (Å²) in [5, 5.41) is 10.8. The monoisotopic (exact) mass is 436 g/mol. The summed E-state index contributed by atoms with van der Waals surface area (Å²) in [7, 11) is 0. The molecule has 0 radical (unpaired) electrons. The van der Waals surface area contributed by atoms with E-state index in [1.54, 1.807) is 0 Å². The van der Waals surface area contributed by atoms with Crippen LogP contribution in [-0.4, -0.2) is 16.0 Å². The molecule has 0 saturated heterocycles. The molecule has 0 bridgehead atoms. The molecule has 1 fully saturated rings. The van der Waals surface area contributed by atoms with Crippen LogP contribution in [0.1, 0.15) is 54.5 Å². The normalized spacial score (nSPS) is 19.0. The lowest BCUT2D eigenvalue weighted by Crippen LogP contribution is -2.21. The van der Waals surface area contributed by atoms with Crippen molar-refractivity contribution >= 4 is 29.2 Å². The Labute approximate surface area is 193 Å². The van der Waals surface area contributed by atoms with Crippen molar-refractivity contribution < 1.29 is 4.79 Å². The molecule has 5 rings (SSSR count). The Bertz CT molecular complexity index is 1230. The molecule has 1 aromatic heterocycles. The number of pyridine rings is 1. The number of nitrogens with zero attached hydrogens (tertiary/aromatic N) is 2. The largest absolute Gasteiger partial charge is 0.298 e. The molecule has 2 aliphatic carbocycles. The molecule has 1 atom stereocenters. The second-order valence-corrected chi connectivity index (χ2v) is 9.56. The third kappa shape index (κ3) is 4.01. The van der Waals surface area contributed by atoms with E-state index in [0.717, 1.165) is 60.1 Å². The third-order valence-electron chi connectivity index (χ3n) is 6.28. The van der Waals surface area contributed by atoms with Crippen molar-refractivity contribution in [2.24, 2.45) is 0 Å². The fraction of sp³-hybridized carbons (Fsp3) is 0.250. The maximum atomic E-state index is 12.5. The fourth-order valence-corrected chi connectivity index (χ4v) is 5.91. The number of rotatable bonds is 4. The Hall–Kier alpha value is -3.16. The topological polar surface area (TPSA) is 53.8 Å². The molecule has 4 heteroatoms. The van der Waals surface area contributed by atoms with Crippen LogP contribution < -0.4 is 0 Å². The third-order valence-corrected chi connectivity index (χ3v) is 7.58. The minimum absolute atomic E-state index is 0.104. The lowest BCUT2D eigenvalue weighted by Gasteiger charge is -2.21. The summed E-state index contributed by atoms with van der Waals surface area (Å²) < 4.78 is 0. The van der Waals surface area contributed by atoms with Crippen LogP contribution in [-0.2, 0) is 11.2 Å². The van der Waals surface area contributed by atoms with E-state index in [2.05, 4.69) is 36.4 Å². The molecule has 0 spiro atoms. The molecule has 1 saturated carbocycles. The summed E-state index contributed by atoms with van der Waals surface area (Å²) in [6, 6.07) is 22.9. The van der Waals surface area contributed by atoms with Crippen LogP contribution in [0.4, 0.5) is 0 Å². The van der Waals surface area contributed by atoms with Gasteiger partial charge in [-0.2, -0.15) is 5.26 Å². The van der Waals surface area contributed by atoms with Crippen molar-refractivity contribution in [2.45, 2.75) is 48.8 Å². The molecule has 1 heterocycles. The summed E-state index contributed by atoms with van der Waals surface area (Å²) in [5.41, 5.74) is 7.12. The second kappa shape index (κ2) is 9.14. The van der Waals surface area contributed by atoms with Gasteiger partial charge in [0.15, 0.2) is 0 Å². The highest BCUT2D eigenvalue weighted by Gasteiger charge is 2.30. The number of hydrogen-bond acceptors (Lipinski definition) is 4. The van der Waals surface area contributed by atoms with Gasteiger partial charge in [-0.1, -0.05) is 78.8 Å². The van der Waals surface area contributed by atoms with Crippen molar-refractivity contribution in [2.75, 3.05) is 0 Å². The number of fused-ring (bicyclic) bond motifs is 1. The zero-order valence-electron chi connectivity index (χ0n) is 17.9. The van der Waals surface area contributed by atoms with Crippen LogP contribution in [0.3, 0.4) is 0 Å². The van der Waals surface area contributed by atoms with Crippen molar-refractivity contribution in [3.8, 4) is 17.2 Å². The molecule has 2 aliphatic rings.